The Morgan fingerprint density at radius 3 is 2.24 bits per heavy atom. The summed E-state index contributed by atoms with van der Waals surface area (Å²) in [5.74, 6) is -0.856. The lowest BCUT2D eigenvalue weighted by atomic mass is 9.99. The minimum atomic E-state index is -4.75. The lowest BCUT2D eigenvalue weighted by Gasteiger charge is -2.15. The highest BCUT2D eigenvalue weighted by atomic mass is 35.5. The monoisotopic (exact) mass is 319 g/mol. The highest BCUT2D eigenvalue weighted by molar-refractivity contribution is 6.31. The smallest absolute Gasteiger partial charge is 0.406 e. The minimum absolute atomic E-state index is 0.277. The second kappa shape index (κ2) is 5.91. The topological polar surface area (TPSA) is 35.2 Å². The second-order valence-electron chi connectivity index (χ2n) is 4.26. The summed E-state index contributed by atoms with van der Waals surface area (Å²) in [6.07, 6.45) is -4.75. The van der Waals surface area contributed by atoms with E-state index in [1.165, 1.54) is 30.3 Å². The summed E-state index contributed by atoms with van der Waals surface area (Å²) >= 11 is 5.94. The zero-order valence-electron chi connectivity index (χ0n) is 10.5. The van der Waals surface area contributed by atoms with Crippen molar-refractivity contribution in [3.8, 4) is 5.75 Å². The maximum atomic E-state index is 13.2. The molecule has 7 heteroatoms. The molecule has 0 aliphatic heterocycles. The fourth-order valence-electron chi connectivity index (χ4n) is 1.81. The standard InChI is InChI=1S/C14H10ClF4NO/c15-12-6-3-9(16)7-11(12)13(20)8-1-4-10(5-2-8)21-14(17,18)19/h1-7,13H,20H2/t13-/m1/s1. The van der Waals surface area contributed by atoms with E-state index in [0.717, 1.165) is 12.1 Å². The number of ether oxygens (including phenoxy) is 1. The SMILES string of the molecule is N[C@H](c1ccc(OC(F)(F)F)cc1)c1cc(F)ccc1Cl. The quantitative estimate of drug-likeness (QED) is 0.850. The van der Waals surface area contributed by atoms with E-state index in [9.17, 15) is 17.6 Å². The molecule has 21 heavy (non-hydrogen) atoms. The summed E-state index contributed by atoms with van der Waals surface area (Å²) in [6.45, 7) is 0. The maximum Gasteiger partial charge on any atom is 0.573 e. The molecule has 2 nitrogen and oxygen atoms in total. The molecule has 2 aromatic rings. The summed E-state index contributed by atoms with van der Waals surface area (Å²) in [6, 6.07) is 8.00. The van der Waals surface area contributed by atoms with Gasteiger partial charge in [-0.25, -0.2) is 4.39 Å². The molecule has 0 saturated heterocycles. The first-order valence-electron chi connectivity index (χ1n) is 5.82. The highest BCUT2D eigenvalue weighted by Crippen LogP contribution is 2.29. The van der Waals surface area contributed by atoms with Gasteiger partial charge in [0.1, 0.15) is 11.6 Å². The van der Waals surface area contributed by atoms with Gasteiger partial charge in [-0.05, 0) is 41.5 Å². The Labute approximate surface area is 123 Å². The molecule has 0 aliphatic rings. The first kappa shape index (κ1) is 15.6. The van der Waals surface area contributed by atoms with Crippen LogP contribution in [0.5, 0.6) is 5.75 Å². The van der Waals surface area contributed by atoms with Crippen molar-refractivity contribution in [1.29, 1.82) is 0 Å². The van der Waals surface area contributed by atoms with E-state index in [0.29, 0.717) is 11.1 Å². The molecule has 2 N–H and O–H groups in total. The van der Waals surface area contributed by atoms with Crippen LogP contribution in [0.4, 0.5) is 17.6 Å². The van der Waals surface area contributed by atoms with Crippen LogP contribution in [0, 0.1) is 5.82 Å². The van der Waals surface area contributed by atoms with Crippen molar-refractivity contribution < 1.29 is 22.3 Å². The van der Waals surface area contributed by atoms with Gasteiger partial charge in [0.15, 0.2) is 0 Å². The summed E-state index contributed by atoms with van der Waals surface area (Å²) < 4.78 is 53.1. The Bertz CT molecular complexity index is 628. The fraction of sp³-hybridized carbons (Fsp3) is 0.143. The van der Waals surface area contributed by atoms with E-state index in [4.69, 9.17) is 17.3 Å². The van der Waals surface area contributed by atoms with E-state index in [2.05, 4.69) is 4.74 Å². The van der Waals surface area contributed by atoms with Crippen LogP contribution >= 0.6 is 11.6 Å². The predicted molar refractivity (Wildman–Crippen MR) is 70.6 cm³/mol. The molecule has 0 amide bonds. The van der Waals surface area contributed by atoms with Gasteiger partial charge in [0, 0.05) is 5.02 Å². The molecule has 0 radical (unpaired) electrons. The molecule has 2 rings (SSSR count). The molecule has 0 heterocycles. The van der Waals surface area contributed by atoms with E-state index in [-0.39, 0.29) is 10.8 Å². The number of halogens is 5. The number of nitrogens with two attached hydrogens (primary N) is 1. The highest BCUT2D eigenvalue weighted by Gasteiger charge is 2.31. The van der Waals surface area contributed by atoms with Crippen molar-refractivity contribution in [3.63, 3.8) is 0 Å². The second-order valence-corrected chi connectivity index (χ2v) is 4.67. The van der Waals surface area contributed by atoms with E-state index < -0.39 is 18.2 Å². The molecule has 0 aromatic heterocycles. The van der Waals surface area contributed by atoms with Crippen LogP contribution in [0.2, 0.25) is 5.02 Å². The van der Waals surface area contributed by atoms with Crippen LogP contribution in [-0.2, 0) is 0 Å². The first-order valence-corrected chi connectivity index (χ1v) is 6.20. The van der Waals surface area contributed by atoms with Crippen LogP contribution in [0.3, 0.4) is 0 Å². The molecule has 0 fully saturated rings. The summed E-state index contributed by atoms with van der Waals surface area (Å²) in [7, 11) is 0. The third-order valence-electron chi connectivity index (χ3n) is 2.77. The Kier molecular flexibility index (Phi) is 4.39. The number of alkyl halides is 3. The number of benzene rings is 2. The molecule has 0 spiro atoms. The van der Waals surface area contributed by atoms with Gasteiger partial charge in [-0.2, -0.15) is 0 Å². The third kappa shape index (κ3) is 4.09. The summed E-state index contributed by atoms with van der Waals surface area (Å²) in [5, 5.41) is 0.277. The van der Waals surface area contributed by atoms with E-state index >= 15 is 0 Å². The van der Waals surface area contributed by atoms with Crippen molar-refractivity contribution in [3.05, 3.63) is 64.4 Å². The maximum absolute atomic E-state index is 13.2. The molecule has 112 valence electrons. The molecular weight excluding hydrogens is 310 g/mol. The van der Waals surface area contributed by atoms with Gasteiger partial charge in [-0.1, -0.05) is 23.7 Å². The van der Waals surface area contributed by atoms with Gasteiger partial charge in [-0.3, -0.25) is 0 Å². The Balaban J connectivity index is 2.24. The van der Waals surface area contributed by atoms with Crippen molar-refractivity contribution in [2.75, 3.05) is 0 Å². The summed E-state index contributed by atoms with van der Waals surface area (Å²) in [4.78, 5) is 0. The van der Waals surface area contributed by atoms with Gasteiger partial charge in [0.25, 0.3) is 0 Å². The van der Waals surface area contributed by atoms with Crippen LogP contribution in [0.1, 0.15) is 17.2 Å². The third-order valence-corrected chi connectivity index (χ3v) is 3.11. The summed E-state index contributed by atoms with van der Waals surface area (Å²) in [5.41, 5.74) is 6.78. The molecule has 0 bridgehead atoms. The van der Waals surface area contributed by atoms with Crippen molar-refractivity contribution >= 4 is 11.6 Å². The molecular formula is C14H10ClF4NO. The van der Waals surface area contributed by atoms with Gasteiger partial charge in [-0.15, -0.1) is 13.2 Å². The lowest BCUT2D eigenvalue weighted by molar-refractivity contribution is -0.274. The number of rotatable bonds is 3. The van der Waals surface area contributed by atoms with Gasteiger partial charge >= 0.3 is 6.36 Å². The van der Waals surface area contributed by atoms with Crippen LogP contribution < -0.4 is 10.5 Å². The predicted octanol–water partition coefficient (Wildman–Crippen LogP) is 4.43. The largest absolute Gasteiger partial charge is 0.573 e. The molecule has 2 aromatic carbocycles. The van der Waals surface area contributed by atoms with E-state index in [1.54, 1.807) is 0 Å². The number of hydrogen-bond donors (Lipinski definition) is 1. The first-order chi connectivity index (χ1) is 9.76. The average Bonchev–Trinajstić information content (AvgIpc) is 2.40. The molecule has 1 atom stereocenters. The van der Waals surface area contributed by atoms with E-state index in [1.807, 2.05) is 0 Å². The zero-order chi connectivity index (χ0) is 15.6. The normalized spacial score (nSPS) is 13.0. The molecule has 0 unspecified atom stereocenters. The van der Waals surface area contributed by atoms with Gasteiger partial charge in [0.05, 0.1) is 6.04 Å². The Hall–Kier alpha value is -1.79. The number of hydrogen-bond acceptors (Lipinski definition) is 2. The van der Waals surface area contributed by atoms with Crippen molar-refractivity contribution in [1.82, 2.24) is 0 Å². The Morgan fingerprint density at radius 2 is 1.67 bits per heavy atom. The van der Waals surface area contributed by atoms with Crippen molar-refractivity contribution in [2.24, 2.45) is 5.73 Å². The fourth-order valence-corrected chi connectivity index (χ4v) is 2.04. The van der Waals surface area contributed by atoms with Crippen LogP contribution in [0.25, 0.3) is 0 Å². The van der Waals surface area contributed by atoms with Gasteiger partial charge < -0.3 is 10.5 Å². The Morgan fingerprint density at radius 1 is 1.05 bits per heavy atom. The minimum Gasteiger partial charge on any atom is -0.406 e. The van der Waals surface area contributed by atoms with Crippen LogP contribution in [-0.4, -0.2) is 6.36 Å². The molecule has 0 saturated carbocycles. The molecule has 0 aliphatic carbocycles. The average molecular weight is 320 g/mol. The van der Waals surface area contributed by atoms with Crippen LogP contribution in [0.15, 0.2) is 42.5 Å². The lowest BCUT2D eigenvalue weighted by Crippen LogP contribution is -2.17. The van der Waals surface area contributed by atoms with Gasteiger partial charge in [0.2, 0.25) is 0 Å². The zero-order valence-corrected chi connectivity index (χ0v) is 11.3. The van der Waals surface area contributed by atoms with Crippen molar-refractivity contribution in [2.45, 2.75) is 12.4 Å².